The standard InChI is InChI=1S/C8H11F2N3/c9-8(10)7(11)6-3-12-4-13(6)5-1-2-5/h3-5,7-8H,1-2,11H2. The van der Waals surface area contributed by atoms with Gasteiger partial charge in [0.25, 0.3) is 6.43 Å². The van der Waals surface area contributed by atoms with Crippen molar-refractivity contribution in [1.82, 2.24) is 9.55 Å². The van der Waals surface area contributed by atoms with Gasteiger partial charge in [0.05, 0.1) is 12.0 Å². The molecule has 1 saturated carbocycles. The molecule has 2 rings (SSSR count). The van der Waals surface area contributed by atoms with Crippen LogP contribution in [0.15, 0.2) is 12.5 Å². The summed E-state index contributed by atoms with van der Waals surface area (Å²) in [6.07, 6.45) is 2.57. The van der Waals surface area contributed by atoms with Gasteiger partial charge in [-0.2, -0.15) is 0 Å². The van der Waals surface area contributed by atoms with Crippen molar-refractivity contribution in [2.24, 2.45) is 5.73 Å². The monoisotopic (exact) mass is 187 g/mol. The Kier molecular flexibility index (Phi) is 2.03. The van der Waals surface area contributed by atoms with Crippen LogP contribution in [0.3, 0.4) is 0 Å². The maximum Gasteiger partial charge on any atom is 0.259 e. The van der Waals surface area contributed by atoms with Crippen LogP contribution in [0.25, 0.3) is 0 Å². The van der Waals surface area contributed by atoms with Crippen LogP contribution < -0.4 is 5.73 Å². The molecule has 5 heteroatoms. The van der Waals surface area contributed by atoms with Gasteiger partial charge in [0.2, 0.25) is 0 Å². The molecule has 0 aliphatic heterocycles. The van der Waals surface area contributed by atoms with Crippen LogP contribution >= 0.6 is 0 Å². The summed E-state index contributed by atoms with van der Waals surface area (Å²) in [5.74, 6) is 0. The fraction of sp³-hybridized carbons (Fsp3) is 0.625. The van der Waals surface area contributed by atoms with Gasteiger partial charge in [-0.1, -0.05) is 0 Å². The van der Waals surface area contributed by atoms with E-state index in [-0.39, 0.29) is 0 Å². The minimum atomic E-state index is -2.52. The highest BCUT2D eigenvalue weighted by Gasteiger charge is 2.29. The van der Waals surface area contributed by atoms with Crippen molar-refractivity contribution in [2.45, 2.75) is 31.4 Å². The third-order valence-corrected chi connectivity index (χ3v) is 2.25. The summed E-state index contributed by atoms with van der Waals surface area (Å²) in [5.41, 5.74) is 5.78. The lowest BCUT2D eigenvalue weighted by Crippen LogP contribution is -2.21. The van der Waals surface area contributed by atoms with E-state index in [9.17, 15) is 8.78 Å². The van der Waals surface area contributed by atoms with Gasteiger partial charge in [-0.05, 0) is 12.8 Å². The number of imidazole rings is 1. The number of aromatic nitrogens is 2. The number of alkyl halides is 2. The van der Waals surface area contributed by atoms with E-state index in [4.69, 9.17) is 5.73 Å². The predicted octanol–water partition coefficient (Wildman–Crippen LogP) is 1.48. The molecule has 0 spiro atoms. The Bertz CT molecular complexity index is 293. The largest absolute Gasteiger partial charge is 0.330 e. The average molecular weight is 187 g/mol. The molecule has 1 aromatic rings. The van der Waals surface area contributed by atoms with Crippen molar-refractivity contribution in [1.29, 1.82) is 0 Å². The lowest BCUT2D eigenvalue weighted by atomic mass is 10.2. The SMILES string of the molecule is NC(c1cncn1C1CC1)C(F)F. The highest BCUT2D eigenvalue weighted by molar-refractivity contribution is 5.09. The van der Waals surface area contributed by atoms with Gasteiger partial charge in [-0.15, -0.1) is 0 Å². The van der Waals surface area contributed by atoms with Gasteiger partial charge in [-0.25, -0.2) is 13.8 Å². The first kappa shape index (κ1) is 8.62. The Morgan fingerprint density at radius 3 is 2.77 bits per heavy atom. The Labute approximate surface area is 74.6 Å². The van der Waals surface area contributed by atoms with Crippen molar-refractivity contribution >= 4 is 0 Å². The smallest absolute Gasteiger partial charge is 0.259 e. The number of nitrogens with two attached hydrogens (primary N) is 1. The molecule has 1 aliphatic carbocycles. The molecule has 0 radical (unpaired) electrons. The van der Waals surface area contributed by atoms with Crippen LogP contribution in [0.1, 0.15) is 30.6 Å². The van der Waals surface area contributed by atoms with E-state index in [1.54, 1.807) is 10.9 Å². The Balaban J connectivity index is 2.22. The number of halogens is 2. The third-order valence-electron chi connectivity index (χ3n) is 2.25. The molecule has 1 aromatic heterocycles. The fourth-order valence-electron chi connectivity index (χ4n) is 1.36. The second kappa shape index (κ2) is 3.06. The second-order valence-corrected chi connectivity index (χ2v) is 3.32. The molecule has 0 amide bonds. The quantitative estimate of drug-likeness (QED) is 0.778. The molecule has 0 aromatic carbocycles. The van der Waals surface area contributed by atoms with E-state index in [2.05, 4.69) is 4.98 Å². The molecule has 1 atom stereocenters. The van der Waals surface area contributed by atoms with E-state index in [0.29, 0.717) is 11.7 Å². The van der Waals surface area contributed by atoms with Crippen LogP contribution in [0.4, 0.5) is 8.78 Å². The molecule has 2 N–H and O–H groups in total. The number of nitrogens with zero attached hydrogens (tertiary/aromatic N) is 2. The molecule has 0 bridgehead atoms. The summed E-state index contributed by atoms with van der Waals surface area (Å²) in [6.45, 7) is 0. The molecule has 1 aliphatic rings. The highest BCUT2D eigenvalue weighted by atomic mass is 19.3. The summed E-state index contributed by atoms with van der Waals surface area (Å²) in [4.78, 5) is 3.84. The van der Waals surface area contributed by atoms with Crippen LogP contribution in [0.2, 0.25) is 0 Å². The first-order chi connectivity index (χ1) is 6.20. The first-order valence-electron chi connectivity index (χ1n) is 4.25. The molecule has 72 valence electrons. The molecule has 0 saturated heterocycles. The van der Waals surface area contributed by atoms with Crippen LogP contribution in [0.5, 0.6) is 0 Å². The minimum Gasteiger partial charge on any atom is -0.330 e. The van der Waals surface area contributed by atoms with Crippen LogP contribution in [0, 0.1) is 0 Å². The van der Waals surface area contributed by atoms with Gasteiger partial charge in [0, 0.05) is 12.2 Å². The third kappa shape index (κ3) is 1.56. The van der Waals surface area contributed by atoms with E-state index >= 15 is 0 Å². The highest BCUT2D eigenvalue weighted by Crippen LogP contribution is 2.37. The summed E-state index contributed by atoms with van der Waals surface area (Å²) in [7, 11) is 0. The molecule has 1 heterocycles. The van der Waals surface area contributed by atoms with Gasteiger partial charge in [-0.3, -0.25) is 0 Å². The molecule has 1 fully saturated rings. The van der Waals surface area contributed by atoms with Crippen molar-refractivity contribution in [3.63, 3.8) is 0 Å². The predicted molar refractivity (Wildman–Crippen MR) is 43.4 cm³/mol. The number of hydrogen-bond donors (Lipinski definition) is 1. The van der Waals surface area contributed by atoms with Gasteiger partial charge in [0.1, 0.15) is 6.04 Å². The summed E-state index contributed by atoms with van der Waals surface area (Å²) in [5, 5.41) is 0. The number of rotatable bonds is 3. The summed E-state index contributed by atoms with van der Waals surface area (Å²) < 4.78 is 26.3. The Morgan fingerprint density at radius 2 is 2.23 bits per heavy atom. The zero-order valence-electron chi connectivity index (χ0n) is 7.03. The normalized spacial score (nSPS) is 19.4. The molecule has 1 unspecified atom stereocenters. The molecule has 13 heavy (non-hydrogen) atoms. The van der Waals surface area contributed by atoms with Crippen LogP contribution in [-0.4, -0.2) is 16.0 Å². The van der Waals surface area contributed by atoms with Crippen molar-refractivity contribution in [3.8, 4) is 0 Å². The van der Waals surface area contributed by atoms with E-state index < -0.39 is 12.5 Å². The zero-order chi connectivity index (χ0) is 9.42. The van der Waals surface area contributed by atoms with Crippen molar-refractivity contribution < 1.29 is 8.78 Å². The molecular formula is C8H11F2N3. The lowest BCUT2D eigenvalue weighted by Gasteiger charge is -2.12. The van der Waals surface area contributed by atoms with E-state index in [1.807, 2.05) is 0 Å². The van der Waals surface area contributed by atoms with Gasteiger partial charge < -0.3 is 10.3 Å². The molecule has 3 nitrogen and oxygen atoms in total. The maximum absolute atomic E-state index is 12.3. The fourth-order valence-corrected chi connectivity index (χ4v) is 1.36. The van der Waals surface area contributed by atoms with Gasteiger partial charge >= 0.3 is 0 Å². The maximum atomic E-state index is 12.3. The van der Waals surface area contributed by atoms with Crippen molar-refractivity contribution in [3.05, 3.63) is 18.2 Å². The Hall–Kier alpha value is -0.970. The van der Waals surface area contributed by atoms with Gasteiger partial charge in [0.15, 0.2) is 0 Å². The topological polar surface area (TPSA) is 43.8 Å². The summed E-state index contributed by atoms with van der Waals surface area (Å²) >= 11 is 0. The first-order valence-corrected chi connectivity index (χ1v) is 4.25. The van der Waals surface area contributed by atoms with Crippen molar-refractivity contribution in [2.75, 3.05) is 0 Å². The van der Waals surface area contributed by atoms with E-state index in [0.717, 1.165) is 12.8 Å². The van der Waals surface area contributed by atoms with Crippen LogP contribution in [-0.2, 0) is 0 Å². The average Bonchev–Trinajstić information content (AvgIpc) is 2.83. The molecular weight excluding hydrogens is 176 g/mol. The lowest BCUT2D eigenvalue weighted by molar-refractivity contribution is 0.113. The second-order valence-electron chi connectivity index (χ2n) is 3.32. The minimum absolute atomic E-state index is 0.349. The zero-order valence-corrected chi connectivity index (χ0v) is 7.03. The van der Waals surface area contributed by atoms with E-state index in [1.165, 1.54) is 6.20 Å². The number of hydrogen-bond acceptors (Lipinski definition) is 2. The Morgan fingerprint density at radius 1 is 1.54 bits per heavy atom. The summed E-state index contributed by atoms with van der Waals surface area (Å²) in [6, 6.07) is -0.856.